The van der Waals surface area contributed by atoms with Gasteiger partial charge in [0.25, 0.3) is 0 Å². The molecule has 33 heavy (non-hydrogen) atoms. The van der Waals surface area contributed by atoms with Gasteiger partial charge < -0.3 is 5.11 Å². The first-order chi connectivity index (χ1) is 16.1. The van der Waals surface area contributed by atoms with Crippen molar-refractivity contribution in [3.05, 3.63) is 65.7 Å². The number of nitrogens with zero attached hydrogens (tertiary/aromatic N) is 6. The standard InChI is InChI=1S/C24H27N7O2/c1-3-7-20(24(32)33)22-25-21(8-4-2)31(28-22)15-16-11-13-17(14-12-16)18-9-5-6-10-19(18)23-26-29-30-27-23/h5-6,9-14,20H,3-4,7-8,15H2,1-2H3,(H,32,33)(H,26,27,29,30). The number of hydrogen-bond donors (Lipinski definition) is 2. The van der Waals surface area contributed by atoms with Crippen LogP contribution in [0.4, 0.5) is 0 Å². The van der Waals surface area contributed by atoms with E-state index in [1.807, 2.05) is 35.9 Å². The van der Waals surface area contributed by atoms with E-state index in [1.165, 1.54) is 0 Å². The molecule has 0 spiro atoms. The molecule has 4 rings (SSSR count). The van der Waals surface area contributed by atoms with Crippen LogP contribution in [0, 0.1) is 0 Å². The van der Waals surface area contributed by atoms with Gasteiger partial charge in [0.1, 0.15) is 11.7 Å². The smallest absolute Gasteiger partial charge is 0.314 e. The number of aromatic amines is 1. The van der Waals surface area contributed by atoms with Crippen LogP contribution in [-0.2, 0) is 17.8 Å². The molecular formula is C24H27N7O2. The molecule has 0 aliphatic rings. The quantitative estimate of drug-likeness (QED) is 0.377. The molecule has 2 N–H and O–H groups in total. The number of rotatable bonds is 10. The van der Waals surface area contributed by atoms with Crippen LogP contribution in [0.15, 0.2) is 48.5 Å². The maximum Gasteiger partial charge on any atom is 0.314 e. The molecule has 0 saturated carbocycles. The van der Waals surface area contributed by atoms with Crippen molar-refractivity contribution in [1.82, 2.24) is 35.4 Å². The van der Waals surface area contributed by atoms with E-state index < -0.39 is 11.9 Å². The second-order valence-electron chi connectivity index (χ2n) is 7.97. The molecule has 1 atom stereocenters. The van der Waals surface area contributed by atoms with E-state index in [0.717, 1.165) is 47.3 Å². The molecule has 9 heteroatoms. The van der Waals surface area contributed by atoms with Gasteiger partial charge in [-0.05, 0) is 40.0 Å². The molecule has 0 saturated heterocycles. The first kappa shape index (κ1) is 22.3. The second kappa shape index (κ2) is 10.2. The molecule has 1 unspecified atom stereocenters. The Bertz CT molecular complexity index is 1200. The fourth-order valence-electron chi connectivity index (χ4n) is 3.91. The zero-order valence-electron chi connectivity index (χ0n) is 18.8. The molecule has 170 valence electrons. The van der Waals surface area contributed by atoms with Gasteiger partial charge >= 0.3 is 5.97 Å². The van der Waals surface area contributed by atoms with Gasteiger partial charge in [-0.3, -0.25) is 4.79 Å². The lowest BCUT2D eigenvalue weighted by molar-refractivity contribution is -0.139. The van der Waals surface area contributed by atoms with Crippen molar-refractivity contribution in [3.8, 4) is 22.5 Å². The molecule has 0 radical (unpaired) electrons. The van der Waals surface area contributed by atoms with Crippen molar-refractivity contribution in [2.45, 2.75) is 52.0 Å². The predicted octanol–water partition coefficient (Wildman–Crippen LogP) is 4.09. The highest BCUT2D eigenvalue weighted by Crippen LogP contribution is 2.30. The Labute approximate surface area is 191 Å². The van der Waals surface area contributed by atoms with E-state index in [0.29, 0.717) is 24.6 Å². The number of carboxylic acid groups (broad SMARTS) is 1. The Hall–Kier alpha value is -3.88. The summed E-state index contributed by atoms with van der Waals surface area (Å²) in [6.45, 7) is 4.59. The number of H-pyrrole nitrogens is 1. The predicted molar refractivity (Wildman–Crippen MR) is 123 cm³/mol. The lowest BCUT2D eigenvalue weighted by Gasteiger charge is -2.09. The third-order valence-corrected chi connectivity index (χ3v) is 5.55. The Morgan fingerprint density at radius 2 is 1.82 bits per heavy atom. The maximum absolute atomic E-state index is 11.7. The molecule has 9 nitrogen and oxygen atoms in total. The second-order valence-corrected chi connectivity index (χ2v) is 7.97. The number of aryl methyl sites for hydroxylation is 1. The van der Waals surface area contributed by atoms with E-state index in [4.69, 9.17) is 0 Å². The lowest BCUT2D eigenvalue weighted by atomic mass is 9.98. The number of hydrogen-bond acceptors (Lipinski definition) is 6. The highest BCUT2D eigenvalue weighted by atomic mass is 16.4. The first-order valence-electron chi connectivity index (χ1n) is 11.2. The van der Waals surface area contributed by atoms with Gasteiger partial charge in [0.2, 0.25) is 0 Å². The molecule has 0 aliphatic carbocycles. The molecule has 4 aromatic rings. The van der Waals surface area contributed by atoms with Crippen molar-refractivity contribution in [3.63, 3.8) is 0 Å². The zero-order chi connectivity index (χ0) is 23.2. The van der Waals surface area contributed by atoms with Gasteiger partial charge in [0.05, 0.1) is 6.54 Å². The number of nitrogens with one attached hydrogen (secondary N) is 1. The van der Waals surface area contributed by atoms with Crippen LogP contribution in [0.1, 0.15) is 56.2 Å². The summed E-state index contributed by atoms with van der Waals surface area (Å²) in [5.41, 5.74) is 4.07. The third-order valence-electron chi connectivity index (χ3n) is 5.55. The summed E-state index contributed by atoms with van der Waals surface area (Å²) < 4.78 is 1.84. The molecule has 0 aliphatic heterocycles. The zero-order valence-corrected chi connectivity index (χ0v) is 18.8. The average Bonchev–Trinajstić information content (AvgIpc) is 3.49. The van der Waals surface area contributed by atoms with E-state index in [-0.39, 0.29) is 0 Å². The Morgan fingerprint density at radius 1 is 1.06 bits per heavy atom. The fourth-order valence-corrected chi connectivity index (χ4v) is 3.91. The lowest BCUT2D eigenvalue weighted by Crippen LogP contribution is -2.13. The minimum absolute atomic E-state index is 0.402. The normalized spacial score (nSPS) is 12.1. The van der Waals surface area contributed by atoms with Gasteiger partial charge in [-0.2, -0.15) is 5.10 Å². The van der Waals surface area contributed by atoms with Crippen LogP contribution in [0.25, 0.3) is 22.5 Å². The number of benzene rings is 2. The molecule has 2 heterocycles. The van der Waals surface area contributed by atoms with Crippen molar-refractivity contribution in [1.29, 1.82) is 0 Å². The van der Waals surface area contributed by atoms with Crippen molar-refractivity contribution >= 4 is 5.97 Å². The number of aliphatic carboxylic acids is 1. The highest BCUT2D eigenvalue weighted by Gasteiger charge is 2.25. The summed E-state index contributed by atoms with van der Waals surface area (Å²) >= 11 is 0. The van der Waals surface area contributed by atoms with Crippen LogP contribution >= 0.6 is 0 Å². The van der Waals surface area contributed by atoms with Gasteiger partial charge in [-0.15, -0.1) is 5.10 Å². The van der Waals surface area contributed by atoms with Crippen LogP contribution in [-0.4, -0.2) is 46.5 Å². The molecule has 0 bridgehead atoms. The molecule has 2 aromatic carbocycles. The summed E-state index contributed by atoms with van der Waals surface area (Å²) in [6, 6.07) is 16.2. The first-order valence-corrected chi connectivity index (χ1v) is 11.2. The Kier molecular flexibility index (Phi) is 6.87. The van der Waals surface area contributed by atoms with Crippen LogP contribution in [0.2, 0.25) is 0 Å². The number of carboxylic acids is 1. The Balaban J connectivity index is 1.60. The minimum Gasteiger partial charge on any atom is -0.481 e. The van der Waals surface area contributed by atoms with Gasteiger partial charge in [0, 0.05) is 12.0 Å². The number of aromatic nitrogens is 7. The van der Waals surface area contributed by atoms with E-state index in [9.17, 15) is 9.90 Å². The Morgan fingerprint density at radius 3 is 2.45 bits per heavy atom. The van der Waals surface area contributed by atoms with Gasteiger partial charge in [0.15, 0.2) is 11.6 Å². The van der Waals surface area contributed by atoms with Gasteiger partial charge in [-0.25, -0.2) is 14.8 Å². The van der Waals surface area contributed by atoms with E-state index >= 15 is 0 Å². The van der Waals surface area contributed by atoms with Crippen LogP contribution in [0.5, 0.6) is 0 Å². The fraction of sp³-hybridized carbons (Fsp3) is 0.333. The molecule has 0 amide bonds. The highest BCUT2D eigenvalue weighted by molar-refractivity contribution is 5.80. The third kappa shape index (κ3) is 4.97. The summed E-state index contributed by atoms with van der Waals surface area (Å²) in [5.74, 6) is 0.300. The summed E-state index contributed by atoms with van der Waals surface area (Å²) in [5, 5.41) is 28.4. The van der Waals surface area contributed by atoms with E-state index in [2.05, 4.69) is 61.9 Å². The largest absolute Gasteiger partial charge is 0.481 e. The van der Waals surface area contributed by atoms with Crippen LogP contribution in [0.3, 0.4) is 0 Å². The number of tetrazole rings is 1. The summed E-state index contributed by atoms with van der Waals surface area (Å²) in [6.07, 6.45) is 2.96. The van der Waals surface area contributed by atoms with Crippen molar-refractivity contribution in [2.75, 3.05) is 0 Å². The minimum atomic E-state index is -0.873. The van der Waals surface area contributed by atoms with Crippen molar-refractivity contribution in [2.24, 2.45) is 0 Å². The molecular weight excluding hydrogens is 418 g/mol. The van der Waals surface area contributed by atoms with Gasteiger partial charge in [-0.1, -0.05) is 68.8 Å². The van der Waals surface area contributed by atoms with Crippen LogP contribution < -0.4 is 0 Å². The van der Waals surface area contributed by atoms with Crippen molar-refractivity contribution < 1.29 is 9.90 Å². The molecule has 0 fully saturated rings. The topological polar surface area (TPSA) is 122 Å². The SMILES string of the molecule is CCCc1nc(C(CCC)C(=O)O)nn1Cc1ccc(-c2ccccc2-c2nnn[nH]2)cc1. The van der Waals surface area contributed by atoms with E-state index in [1.54, 1.807) is 0 Å². The average molecular weight is 446 g/mol. The monoisotopic (exact) mass is 445 g/mol. The maximum atomic E-state index is 11.7. The number of carbonyl (C=O) groups is 1. The summed E-state index contributed by atoms with van der Waals surface area (Å²) in [4.78, 5) is 16.3. The molecule has 2 aromatic heterocycles. The summed E-state index contributed by atoms with van der Waals surface area (Å²) in [7, 11) is 0.